The first kappa shape index (κ1) is 29.2. The molecule has 2 aromatic heterocycles. The number of carboxylic acids is 1. The van der Waals surface area contributed by atoms with E-state index in [0.29, 0.717) is 15.9 Å². The number of ether oxygens (including phenoxy) is 2. The van der Waals surface area contributed by atoms with Gasteiger partial charge in [0, 0.05) is 5.69 Å². The van der Waals surface area contributed by atoms with Crippen LogP contribution in [0.25, 0.3) is 10.2 Å². The molecule has 0 spiro atoms. The Morgan fingerprint density at radius 1 is 1.12 bits per heavy atom. The van der Waals surface area contributed by atoms with Crippen LogP contribution >= 0.6 is 34.5 Å². The Labute approximate surface area is 243 Å². The summed E-state index contributed by atoms with van der Waals surface area (Å²) in [6.07, 6.45) is -1.35. The first-order valence-electron chi connectivity index (χ1n) is 12.0. The highest BCUT2D eigenvalue weighted by Crippen LogP contribution is 2.37. The number of nitrogens with zero attached hydrogens (tertiary/aromatic N) is 1. The van der Waals surface area contributed by atoms with Crippen LogP contribution in [0, 0.1) is 6.92 Å². The summed E-state index contributed by atoms with van der Waals surface area (Å²) in [5.74, 6) is -1.58. The number of amides is 2. The number of aromatic carboxylic acids is 1. The maximum Gasteiger partial charge on any atom is 0.407 e. The molecule has 2 heterocycles. The van der Waals surface area contributed by atoms with Crippen LogP contribution in [-0.4, -0.2) is 45.2 Å². The van der Waals surface area contributed by atoms with Crippen molar-refractivity contribution < 1.29 is 29.0 Å². The lowest BCUT2D eigenvalue weighted by Crippen LogP contribution is -2.36. The summed E-state index contributed by atoms with van der Waals surface area (Å²) in [5.41, 5.74) is 0.939. The average molecular weight is 606 g/mol. The summed E-state index contributed by atoms with van der Waals surface area (Å²) >= 11 is 13.3. The molecular formula is C27H26Cl2N4O6S. The molecule has 4 N–H and O–H groups in total. The summed E-state index contributed by atoms with van der Waals surface area (Å²) in [4.78, 5) is 44.4. The third-order valence-electron chi connectivity index (χ3n) is 5.48. The van der Waals surface area contributed by atoms with E-state index in [1.165, 1.54) is 12.1 Å². The van der Waals surface area contributed by atoms with Gasteiger partial charge in [0.05, 0.1) is 26.9 Å². The van der Waals surface area contributed by atoms with Crippen LogP contribution in [0.15, 0.2) is 42.5 Å². The van der Waals surface area contributed by atoms with Gasteiger partial charge >= 0.3 is 12.1 Å². The Morgan fingerprint density at radius 3 is 2.42 bits per heavy atom. The van der Waals surface area contributed by atoms with E-state index in [4.69, 9.17) is 32.7 Å². The van der Waals surface area contributed by atoms with Crippen LogP contribution in [0.5, 0.6) is 5.75 Å². The molecule has 0 saturated heterocycles. The number of nitrogens with one attached hydrogen (secondary N) is 3. The van der Waals surface area contributed by atoms with Gasteiger partial charge in [0.1, 0.15) is 28.7 Å². The highest BCUT2D eigenvalue weighted by Gasteiger charge is 2.24. The van der Waals surface area contributed by atoms with Crippen molar-refractivity contribution in [2.24, 2.45) is 0 Å². The van der Waals surface area contributed by atoms with Gasteiger partial charge in [-0.15, -0.1) is 0 Å². The number of hydrogen-bond acceptors (Lipinski definition) is 7. The zero-order valence-electron chi connectivity index (χ0n) is 21.9. The number of carboxylic acid groups (broad SMARTS) is 1. The highest BCUT2D eigenvalue weighted by molar-refractivity contribution is 7.22. The average Bonchev–Trinajstić information content (AvgIpc) is 3.41. The zero-order valence-corrected chi connectivity index (χ0v) is 24.3. The SMILES string of the molecule is Cc1[nH]c(C(=O)Nc2nc3c(OC(CNC(=O)OC(C)(C)C)c4ccccc4)cc(C(=O)O)cc3s2)c(Cl)c1Cl. The minimum Gasteiger partial charge on any atom is -0.482 e. The van der Waals surface area contributed by atoms with E-state index in [1.807, 2.05) is 30.3 Å². The molecular weight excluding hydrogens is 579 g/mol. The predicted octanol–water partition coefficient (Wildman–Crippen LogP) is 6.83. The summed E-state index contributed by atoms with van der Waals surface area (Å²) in [7, 11) is 0. The molecule has 0 radical (unpaired) electrons. The maximum absolute atomic E-state index is 12.9. The number of halogens is 2. The van der Waals surface area contributed by atoms with E-state index in [2.05, 4.69) is 20.6 Å². The molecule has 13 heteroatoms. The zero-order chi connectivity index (χ0) is 29.2. The summed E-state index contributed by atoms with van der Waals surface area (Å²) in [5, 5.41) is 15.6. The van der Waals surface area contributed by atoms with Crippen molar-refractivity contribution in [3.8, 4) is 5.75 Å². The molecule has 4 rings (SSSR count). The lowest BCUT2D eigenvalue weighted by Gasteiger charge is -2.23. The third kappa shape index (κ3) is 6.85. The van der Waals surface area contributed by atoms with Gasteiger partial charge in [-0.05, 0) is 45.4 Å². The van der Waals surface area contributed by atoms with E-state index in [9.17, 15) is 19.5 Å². The van der Waals surface area contributed by atoms with Crippen LogP contribution in [0.3, 0.4) is 0 Å². The van der Waals surface area contributed by atoms with Gasteiger partial charge < -0.3 is 24.9 Å². The second kappa shape index (κ2) is 11.7. The molecule has 1 atom stereocenters. The van der Waals surface area contributed by atoms with Crippen molar-refractivity contribution >= 4 is 67.9 Å². The molecule has 10 nitrogen and oxygen atoms in total. The van der Waals surface area contributed by atoms with Gasteiger partial charge in [-0.25, -0.2) is 14.6 Å². The van der Waals surface area contributed by atoms with Crippen molar-refractivity contribution in [3.05, 3.63) is 75.0 Å². The van der Waals surface area contributed by atoms with E-state index < -0.39 is 29.7 Å². The molecule has 0 aliphatic rings. The van der Waals surface area contributed by atoms with E-state index >= 15 is 0 Å². The first-order chi connectivity index (χ1) is 18.8. The molecule has 0 saturated carbocycles. The number of rotatable bonds is 8. The Bertz CT molecular complexity index is 1580. The van der Waals surface area contributed by atoms with Gasteiger partial charge in [0.2, 0.25) is 0 Å². The monoisotopic (exact) mass is 604 g/mol. The fourth-order valence-electron chi connectivity index (χ4n) is 3.69. The standard InChI is InChI=1S/C27H26Cl2N4O6S/c1-13-19(28)20(29)22(31-13)23(34)33-25-32-21-16(10-15(24(35)36)11-18(21)40-25)38-17(14-8-6-5-7-9-14)12-30-26(37)39-27(2,3)4/h5-11,17,31H,12H2,1-4H3,(H,30,37)(H,35,36)(H,32,33,34). The number of alkyl carbamates (subject to hydrolysis) is 1. The van der Waals surface area contributed by atoms with Crippen LogP contribution in [-0.2, 0) is 4.74 Å². The summed E-state index contributed by atoms with van der Waals surface area (Å²) < 4.78 is 12.1. The van der Waals surface area contributed by atoms with E-state index in [0.717, 1.165) is 16.9 Å². The van der Waals surface area contributed by atoms with Crippen molar-refractivity contribution in [2.75, 3.05) is 11.9 Å². The second-order valence-electron chi connectivity index (χ2n) is 9.75. The predicted molar refractivity (Wildman–Crippen MR) is 154 cm³/mol. The fraction of sp³-hybridized carbons (Fsp3) is 0.259. The van der Waals surface area contributed by atoms with Gasteiger partial charge in [-0.1, -0.05) is 64.9 Å². The number of aromatic nitrogens is 2. The van der Waals surface area contributed by atoms with E-state index in [-0.39, 0.29) is 38.7 Å². The molecule has 40 heavy (non-hydrogen) atoms. The Morgan fingerprint density at radius 2 is 1.82 bits per heavy atom. The molecule has 4 aromatic rings. The Kier molecular flexibility index (Phi) is 8.57. The maximum atomic E-state index is 12.9. The van der Waals surface area contributed by atoms with Crippen LogP contribution in [0.4, 0.5) is 9.93 Å². The van der Waals surface area contributed by atoms with Crippen molar-refractivity contribution in [3.63, 3.8) is 0 Å². The van der Waals surface area contributed by atoms with Gasteiger partial charge in [-0.3, -0.25) is 10.1 Å². The van der Waals surface area contributed by atoms with Crippen LogP contribution in [0.1, 0.15) is 59.0 Å². The number of carbonyl (C=O) groups is 3. The molecule has 0 fully saturated rings. The minimum absolute atomic E-state index is 0.0247. The molecule has 0 aliphatic carbocycles. The number of thiazole rings is 1. The number of hydrogen-bond donors (Lipinski definition) is 4. The van der Waals surface area contributed by atoms with Crippen molar-refractivity contribution in [1.82, 2.24) is 15.3 Å². The minimum atomic E-state index is -1.17. The third-order valence-corrected chi connectivity index (χ3v) is 7.34. The molecule has 0 bridgehead atoms. The molecule has 2 aromatic carbocycles. The van der Waals surface area contributed by atoms with Crippen molar-refractivity contribution in [2.45, 2.75) is 39.4 Å². The smallest absolute Gasteiger partial charge is 0.407 e. The number of benzene rings is 2. The van der Waals surface area contributed by atoms with Gasteiger partial charge in [0.25, 0.3) is 5.91 Å². The van der Waals surface area contributed by atoms with Gasteiger partial charge in [0.15, 0.2) is 5.13 Å². The number of anilines is 1. The summed E-state index contributed by atoms with van der Waals surface area (Å²) in [6.45, 7) is 6.97. The normalized spacial score (nSPS) is 12.2. The largest absolute Gasteiger partial charge is 0.482 e. The Balaban J connectivity index is 1.67. The number of aryl methyl sites for hydroxylation is 1. The fourth-order valence-corrected chi connectivity index (χ4v) is 5.03. The number of fused-ring (bicyclic) bond motifs is 1. The number of aromatic amines is 1. The van der Waals surface area contributed by atoms with Crippen LogP contribution in [0.2, 0.25) is 10.0 Å². The lowest BCUT2D eigenvalue weighted by molar-refractivity contribution is 0.0501. The number of carbonyl (C=O) groups excluding carboxylic acids is 2. The highest BCUT2D eigenvalue weighted by atomic mass is 35.5. The lowest BCUT2D eigenvalue weighted by atomic mass is 10.1. The first-order valence-corrected chi connectivity index (χ1v) is 13.6. The second-order valence-corrected chi connectivity index (χ2v) is 11.5. The van der Waals surface area contributed by atoms with Crippen LogP contribution < -0.4 is 15.4 Å². The molecule has 210 valence electrons. The quantitative estimate of drug-likeness (QED) is 0.172. The topological polar surface area (TPSA) is 143 Å². The van der Waals surface area contributed by atoms with Crippen molar-refractivity contribution in [1.29, 1.82) is 0 Å². The van der Waals surface area contributed by atoms with E-state index in [1.54, 1.807) is 27.7 Å². The molecule has 2 amide bonds. The summed E-state index contributed by atoms with van der Waals surface area (Å²) in [6, 6.07) is 11.9. The molecule has 0 aliphatic heterocycles. The Hall–Kier alpha value is -3.80. The number of H-pyrrole nitrogens is 1. The molecule has 1 unspecified atom stereocenters. The van der Waals surface area contributed by atoms with Gasteiger partial charge in [-0.2, -0.15) is 0 Å².